The molecule has 100 valence electrons. The molecule has 0 aliphatic carbocycles. The minimum Gasteiger partial charge on any atom is -0.489 e. The third-order valence-electron chi connectivity index (χ3n) is 3.24. The van der Waals surface area contributed by atoms with E-state index in [0.717, 1.165) is 6.54 Å². The molecule has 1 saturated heterocycles. The first-order valence-corrected chi connectivity index (χ1v) is 6.63. The van der Waals surface area contributed by atoms with E-state index < -0.39 is 0 Å². The number of ether oxygens (including phenoxy) is 1. The van der Waals surface area contributed by atoms with E-state index in [1.807, 2.05) is 12.1 Å². The summed E-state index contributed by atoms with van der Waals surface area (Å²) < 4.78 is 10.9. The van der Waals surface area contributed by atoms with Crippen LogP contribution in [-0.2, 0) is 0 Å². The van der Waals surface area contributed by atoms with Gasteiger partial charge in [-0.15, -0.1) is 0 Å². The second-order valence-electron chi connectivity index (χ2n) is 4.62. The minimum absolute atomic E-state index is 0.580. The highest BCUT2D eigenvalue weighted by molar-refractivity contribution is 5.45. The number of nitrogens with zero attached hydrogens (tertiary/aromatic N) is 3. The van der Waals surface area contributed by atoms with E-state index in [9.17, 15) is 0 Å². The van der Waals surface area contributed by atoms with Crippen molar-refractivity contribution >= 4 is 0 Å². The van der Waals surface area contributed by atoms with Crippen molar-refractivity contribution in [1.82, 2.24) is 14.9 Å². The number of hydrogen-bond donors (Lipinski definition) is 0. The fourth-order valence-corrected chi connectivity index (χ4v) is 2.22. The number of rotatable bonds is 5. The molecule has 5 nitrogen and oxygen atoms in total. The molecule has 2 aromatic rings. The predicted molar refractivity (Wildman–Crippen MR) is 70.9 cm³/mol. The summed E-state index contributed by atoms with van der Waals surface area (Å²) in [6, 6.07) is 3.66. The van der Waals surface area contributed by atoms with Crippen LogP contribution < -0.4 is 4.74 Å². The highest BCUT2D eigenvalue weighted by atomic mass is 16.5. The normalized spacial score (nSPS) is 15.8. The standard InChI is InChI=1S/C14H17N3O2/c1-2-6-17(5-1)7-9-18-12-10-15-14(16-11-12)13-4-3-8-19-13/h3-4,8,10-11H,1-2,5-7,9H2. The van der Waals surface area contributed by atoms with Gasteiger partial charge >= 0.3 is 0 Å². The van der Waals surface area contributed by atoms with Gasteiger partial charge in [-0.05, 0) is 38.1 Å². The topological polar surface area (TPSA) is 51.4 Å². The van der Waals surface area contributed by atoms with Crippen molar-refractivity contribution in [1.29, 1.82) is 0 Å². The Balaban J connectivity index is 1.51. The molecule has 0 spiro atoms. The van der Waals surface area contributed by atoms with Crippen LogP contribution in [0.15, 0.2) is 35.2 Å². The van der Waals surface area contributed by atoms with Gasteiger partial charge in [0.05, 0.1) is 18.7 Å². The maximum absolute atomic E-state index is 5.64. The van der Waals surface area contributed by atoms with Crippen molar-refractivity contribution < 1.29 is 9.15 Å². The molecule has 0 saturated carbocycles. The SMILES string of the molecule is c1coc(-c2ncc(OCCN3CCCC3)cn2)c1. The quantitative estimate of drug-likeness (QED) is 0.824. The van der Waals surface area contributed by atoms with Crippen molar-refractivity contribution in [3.8, 4) is 17.3 Å². The fraction of sp³-hybridized carbons (Fsp3) is 0.429. The Hall–Kier alpha value is -1.88. The van der Waals surface area contributed by atoms with Crippen molar-refractivity contribution in [2.24, 2.45) is 0 Å². The molecule has 0 amide bonds. The largest absolute Gasteiger partial charge is 0.489 e. The molecule has 0 N–H and O–H groups in total. The lowest BCUT2D eigenvalue weighted by molar-refractivity contribution is 0.236. The molecule has 3 rings (SSSR count). The minimum atomic E-state index is 0.580. The molecule has 19 heavy (non-hydrogen) atoms. The Morgan fingerprint density at radius 1 is 1.21 bits per heavy atom. The number of furan rings is 1. The monoisotopic (exact) mass is 259 g/mol. The molecular weight excluding hydrogens is 242 g/mol. The van der Waals surface area contributed by atoms with Gasteiger partial charge < -0.3 is 9.15 Å². The lowest BCUT2D eigenvalue weighted by Gasteiger charge is -2.14. The van der Waals surface area contributed by atoms with Gasteiger partial charge in [0.15, 0.2) is 17.3 Å². The van der Waals surface area contributed by atoms with Crippen LogP contribution in [0.2, 0.25) is 0 Å². The molecule has 5 heteroatoms. The molecule has 0 bridgehead atoms. The van der Waals surface area contributed by atoms with Crippen molar-refractivity contribution in [2.45, 2.75) is 12.8 Å². The van der Waals surface area contributed by atoms with Gasteiger partial charge in [0, 0.05) is 6.54 Å². The van der Waals surface area contributed by atoms with Crippen LogP contribution in [0.3, 0.4) is 0 Å². The summed E-state index contributed by atoms with van der Waals surface area (Å²) in [5.74, 6) is 1.95. The fourth-order valence-electron chi connectivity index (χ4n) is 2.22. The van der Waals surface area contributed by atoms with Gasteiger partial charge in [0.1, 0.15) is 6.61 Å². The molecule has 1 aliphatic heterocycles. The summed E-state index contributed by atoms with van der Waals surface area (Å²) in [6.07, 6.45) is 7.60. The predicted octanol–water partition coefficient (Wildman–Crippen LogP) is 2.21. The lowest BCUT2D eigenvalue weighted by Crippen LogP contribution is -2.25. The first-order valence-electron chi connectivity index (χ1n) is 6.63. The Kier molecular flexibility index (Phi) is 3.74. The highest BCUT2D eigenvalue weighted by Crippen LogP contribution is 2.16. The summed E-state index contributed by atoms with van der Waals surface area (Å²) in [5.41, 5.74) is 0. The molecule has 1 aliphatic rings. The number of hydrogen-bond acceptors (Lipinski definition) is 5. The third-order valence-corrected chi connectivity index (χ3v) is 3.24. The van der Waals surface area contributed by atoms with E-state index in [1.54, 1.807) is 18.7 Å². The summed E-state index contributed by atoms with van der Waals surface area (Å²) in [4.78, 5) is 10.9. The molecule has 0 aromatic carbocycles. The maximum atomic E-state index is 5.64. The van der Waals surface area contributed by atoms with E-state index in [4.69, 9.17) is 9.15 Å². The zero-order valence-electron chi connectivity index (χ0n) is 10.8. The zero-order chi connectivity index (χ0) is 12.9. The van der Waals surface area contributed by atoms with E-state index in [-0.39, 0.29) is 0 Å². The Bertz CT molecular complexity index is 490. The smallest absolute Gasteiger partial charge is 0.195 e. The van der Waals surface area contributed by atoms with Crippen LogP contribution in [0.25, 0.3) is 11.6 Å². The third kappa shape index (κ3) is 3.12. The zero-order valence-corrected chi connectivity index (χ0v) is 10.8. The first kappa shape index (κ1) is 12.2. The average molecular weight is 259 g/mol. The van der Waals surface area contributed by atoms with Gasteiger partial charge in [-0.2, -0.15) is 0 Å². The van der Waals surface area contributed by atoms with Gasteiger partial charge in [-0.25, -0.2) is 9.97 Å². The van der Waals surface area contributed by atoms with Crippen molar-refractivity contribution in [2.75, 3.05) is 26.2 Å². The van der Waals surface area contributed by atoms with E-state index in [1.165, 1.54) is 25.9 Å². The van der Waals surface area contributed by atoms with Gasteiger partial charge in [0.2, 0.25) is 0 Å². The Labute approximate surface area is 112 Å². The summed E-state index contributed by atoms with van der Waals surface area (Å²) >= 11 is 0. The van der Waals surface area contributed by atoms with Gasteiger partial charge in [-0.3, -0.25) is 4.90 Å². The van der Waals surface area contributed by atoms with E-state index in [2.05, 4.69) is 14.9 Å². The molecule has 0 atom stereocenters. The molecule has 2 aromatic heterocycles. The summed E-state index contributed by atoms with van der Waals surface area (Å²) in [5, 5.41) is 0. The van der Waals surface area contributed by atoms with Crippen LogP contribution in [0.1, 0.15) is 12.8 Å². The molecule has 0 unspecified atom stereocenters. The molecule has 1 fully saturated rings. The second kappa shape index (κ2) is 5.84. The molecule has 3 heterocycles. The van der Waals surface area contributed by atoms with Crippen LogP contribution in [0.4, 0.5) is 0 Å². The maximum Gasteiger partial charge on any atom is 0.195 e. The van der Waals surface area contributed by atoms with Crippen LogP contribution in [-0.4, -0.2) is 41.1 Å². The van der Waals surface area contributed by atoms with E-state index >= 15 is 0 Å². The lowest BCUT2D eigenvalue weighted by atomic mass is 10.4. The molecular formula is C14H17N3O2. The van der Waals surface area contributed by atoms with Crippen LogP contribution >= 0.6 is 0 Å². The summed E-state index contributed by atoms with van der Waals surface area (Å²) in [6.45, 7) is 4.04. The van der Waals surface area contributed by atoms with Gasteiger partial charge in [-0.1, -0.05) is 0 Å². The van der Waals surface area contributed by atoms with Crippen LogP contribution in [0.5, 0.6) is 5.75 Å². The van der Waals surface area contributed by atoms with Crippen molar-refractivity contribution in [3.63, 3.8) is 0 Å². The van der Waals surface area contributed by atoms with Gasteiger partial charge in [0.25, 0.3) is 0 Å². The number of aromatic nitrogens is 2. The summed E-state index contributed by atoms with van der Waals surface area (Å²) in [7, 11) is 0. The second-order valence-corrected chi connectivity index (χ2v) is 4.62. The highest BCUT2D eigenvalue weighted by Gasteiger charge is 2.11. The van der Waals surface area contributed by atoms with Crippen molar-refractivity contribution in [3.05, 3.63) is 30.8 Å². The average Bonchev–Trinajstić information content (AvgIpc) is 3.13. The Morgan fingerprint density at radius 3 is 2.68 bits per heavy atom. The van der Waals surface area contributed by atoms with E-state index in [0.29, 0.717) is 23.9 Å². The Morgan fingerprint density at radius 2 is 2.00 bits per heavy atom. The van der Waals surface area contributed by atoms with Crippen LogP contribution in [0, 0.1) is 0 Å². The first-order chi connectivity index (χ1) is 9.42. The molecule has 0 radical (unpaired) electrons. The number of likely N-dealkylation sites (tertiary alicyclic amines) is 1.